The third kappa shape index (κ3) is 0.969. The predicted octanol–water partition coefficient (Wildman–Crippen LogP) is -2.18. The van der Waals surface area contributed by atoms with Gasteiger partial charge in [0.05, 0.1) is 6.61 Å². The van der Waals surface area contributed by atoms with Gasteiger partial charge in [-0.05, 0) is 0 Å². The molecule has 0 amide bonds. The number of aliphatic hydroxyl groups excluding tert-OH is 3. The summed E-state index contributed by atoms with van der Waals surface area (Å²) in [6.45, 7) is 0.236. The normalized spacial score (nSPS) is 56.5. The van der Waals surface area contributed by atoms with Crippen LogP contribution in [-0.2, 0) is 9.47 Å². The highest BCUT2D eigenvalue weighted by atomic mass is 16.7. The predicted molar refractivity (Wildman–Crippen MR) is 32.6 cm³/mol. The molecule has 0 spiro atoms. The van der Waals surface area contributed by atoms with E-state index in [0.717, 1.165) is 0 Å². The van der Waals surface area contributed by atoms with Crippen LogP contribution in [0.5, 0.6) is 0 Å². The van der Waals surface area contributed by atoms with E-state index in [1.54, 1.807) is 0 Å². The zero-order valence-corrected chi connectivity index (χ0v) is 5.75. The first-order valence-electron chi connectivity index (χ1n) is 3.51. The van der Waals surface area contributed by atoms with Gasteiger partial charge in [0, 0.05) is 0 Å². The van der Waals surface area contributed by atoms with E-state index in [0.29, 0.717) is 0 Å². The first-order valence-corrected chi connectivity index (χ1v) is 3.51. The van der Waals surface area contributed by atoms with Gasteiger partial charge >= 0.3 is 0 Å². The van der Waals surface area contributed by atoms with Crippen molar-refractivity contribution in [3.63, 3.8) is 0 Å². The summed E-state index contributed by atoms with van der Waals surface area (Å²) < 4.78 is 9.95. The summed E-state index contributed by atoms with van der Waals surface area (Å²) in [6.07, 6.45) is -4.58. The minimum Gasteiger partial charge on any atom is -0.387 e. The second kappa shape index (κ2) is 2.40. The third-order valence-electron chi connectivity index (χ3n) is 2.09. The zero-order valence-electron chi connectivity index (χ0n) is 5.75. The van der Waals surface area contributed by atoms with Crippen molar-refractivity contribution in [3.05, 3.63) is 0 Å². The van der Waals surface area contributed by atoms with E-state index in [9.17, 15) is 10.2 Å². The van der Waals surface area contributed by atoms with Crippen LogP contribution in [0.3, 0.4) is 0 Å². The number of hydrogen-bond donors (Lipinski definition) is 3. The highest BCUT2D eigenvalue weighted by Crippen LogP contribution is 2.27. The molecule has 0 saturated carbocycles. The minimum absolute atomic E-state index is 0.236. The molecule has 64 valence electrons. The molecule has 0 radical (unpaired) electrons. The second-order valence-electron chi connectivity index (χ2n) is 2.85. The number of hydrogen-bond acceptors (Lipinski definition) is 5. The lowest BCUT2D eigenvalue weighted by molar-refractivity contribution is -0.228. The Balaban J connectivity index is 2.16. The highest BCUT2D eigenvalue weighted by molar-refractivity contribution is 4.92. The average molecular weight is 162 g/mol. The van der Waals surface area contributed by atoms with E-state index in [1.165, 1.54) is 0 Å². The molecule has 0 unspecified atom stereocenters. The SMILES string of the molecule is O[C@H]1[C@H](O)[C@@H]2OC[C@@H](O2)[C@@H]1O. The van der Waals surface area contributed by atoms with Crippen molar-refractivity contribution >= 4 is 0 Å². The van der Waals surface area contributed by atoms with Crippen LogP contribution in [0.4, 0.5) is 0 Å². The zero-order chi connectivity index (χ0) is 8.01. The van der Waals surface area contributed by atoms with Gasteiger partial charge in [-0.3, -0.25) is 0 Å². The Morgan fingerprint density at radius 3 is 2.45 bits per heavy atom. The molecular formula is C6H10O5. The van der Waals surface area contributed by atoms with Crippen molar-refractivity contribution in [2.24, 2.45) is 0 Å². The summed E-state index contributed by atoms with van der Waals surface area (Å²) in [4.78, 5) is 0. The smallest absolute Gasteiger partial charge is 0.186 e. The first-order chi connectivity index (χ1) is 5.20. The van der Waals surface area contributed by atoms with Crippen molar-refractivity contribution in [3.8, 4) is 0 Å². The van der Waals surface area contributed by atoms with Crippen LogP contribution in [-0.4, -0.2) is 52.6 Å². The number of aliphatic hydroxyl groups is 3. The molecule has 3 N–H and O–H groups in total. The molecule has 11 heavy (non-hydrogen) atoms. The number of ether oxygens (including phenoxy) is 2. The standard InChI is InChI=1S/C6H10O5/c7-3-2-1-10-6(11-2)5(9)4(3)8/h2-9H,1H2/t2-,3+,4-,5+,6-/m1/s1. The molecule has 0 aromatic rings. The van der Waals surface area contributed by atoms with Gasteiger partial charge in [0.15, 0.2) is 6.29 Å². The fourth-order valence-corrected chi connectivity index (χ4v) is 1.38. The maximum absolute atomic E-state index is 9.22. The monoisotopic (exact) mass is 162 g/mol. The van der Waals surface area contributed by atoms with Crippen LogP contribution in [0.2, 0.25) is 0 Å². The summed E-state index contributed by atoms with van der Waals surface area (Å²) >= 11 is 0. The molecule has 5 heteroatoms. The van der Waals surface area contributed by atoms with E-state index < -0.39 is 30.7 Å². The molecule has 2 aliphatic heterocycles. The molecule has 2 saturated heterocycles. The molecule has 2 bridgehead atoms. The highest BCUT2D eigenvalue weighted by Gasteiger charge is 2.48. The van der Waals surface area contributed by atoms with E-state index in [-0.39, 0.29) is 6.61 Å². The maximum Gasteiger partial charge on any atom is 0.186 e. The molecular weight excluding hydrogens is 152 g/mol. The fraction of sp³-hybridized carbons (Fsp3) is 1.00. The van der Waals surface area contributed by atoms with Gasteiger partial charge in [0.2, 0.25) is 0 Å². The molecule has 2 rings (SSSR count). The molecule has 2 fully saturated rings. The minimum atomic E-state index is -1.15. The quantitative estimate of drug-likeness (QED) is 0.377. The summed E-state index contributed by atoms with van der Waals surface area (Å²) in [5.41, 5.74) is 0. The number of rotatable bonds is 0. The van der Waals surface area contributed by atoms with Crippen LogP contribution < -0.4 is 0 Å². The van der Waals surface area contributed by atoms with Gasteiger partial charge in [0.25, 0.3) is 0 Å². The van der Waals surface area contributed by atoms with Crippen LogP contribution in [0, 0.1) is 0 Å². The maximum atomic E-state index is 9.22. The Morgan fingerprint density at radius 1 is 1.00 bits per heavy atom. The second-order valence-corrected chi connectivity index (χ2v) is 2.85. The van der Waals surface area contributed by atoms with Crippen molar-refractivity contribution in [1.29, 1.82) is 0 Å². The van der Waals surface area contributed by atoms with Gasteiger partial charge in [0.1, 0.15) is 24.4 Å². The van der Waals surface area contributed by atoms with Crippen molar-refractivity contribution in [2.45, 2.75) is 30.7 Å². The molecule has 5 nitrogen and oxygen atoms in total. The van der Waals surface area contributed by atoms with Crippen LogP contribution >= 0.6 is 0 Å². The molecule has 2 heterocycles. The van der Waals surface area contributed by atoms with Gasteiger partial charge < -0.3 is 24.8 Å². The van der Waals surface area contributed by atoms with Crippen LogP contribution in [0.1, 0.15) is 0 Å². The lowest BCUT2D eigenvalue weighted by Crippen LogP contribution is -2.53. The first kappa shape index (κ1) is 7.45. The Labute approximate surface area is 63.2 Å². The summed E-state index contributed by atoms with van der Waals surface area (Å²) in [5, 5.41) is 27.6. The van der Waals surface area contributed by atoms with Crippen molar-refractivity contribution in [2.75, 3.05) is 6.61 Å². The molecule has 0 aromatic heterocycles. The summed E-state index contributed by atoms with van der Waals surface area (Å²) in [6, 6.07) is 0. The van der Waals surface area contributed by atoms with Crippen molar-refractivity contribution in [1.82, 2.24) is 0 Å². The molecule has 0 aliphatic carbocycles. The average Bonchev–Trinajstić information content (AvgIpc) is 2.44. The van der Waals surface area contributed by atoms with Crippen molar-refractivity contribution < 1.29 is 24.8 Å². The van der Waals surface area contributed by atoms with Crippen LogP contribution in [0.25, 0.3) is 0 Å². The summed E-state index contributed by atoms with van der Waals surface area (Å²) in [7, 11) is 0. The van der Waals surface area contributed by atoms with E-state index in [2.05, 4.69) is 0 Å². The lowest BCUT2D eigenvalue weighted by atomic mass is 10.0. The third-order valence-corrected chi connectivity index (χ3v) is 2.09. The van der Waals surface area contributed by atoms with Crippen LogP contribution in [0.15, 0.2) is 0 Å². The van der Waals surface area contributed by atoms with E-state index in [1.807, 2.05) is 0 Å². The molecule has 0 aromatic carbocycles. The van der Waals surface area contributed by atoms with E-state index in [4.69, 9.17) is 14.6 Å². The summed E-state index contributed by atoms with van der Waals surface area (Å²) in [5.74, 6) is 0. The Morgan fingerprint density at radius 2 is 1.73 bits per heavy atom. The van der Waals surface area contributed by atoms with Gasteiger partial charge in [-0.2, -0.15) is 0 Å². The van der Waals surface area contributed by atoms with Gasteiger partial charge in [-0.15, -0.1) is 0 Å². The van der Waals surface area contributed by atoms with Gasteiger partial charge in [-0.25, -0.2) is 0 Å². The topological polar surface area (TPSA) is 79.2 Å². The Bertz CT molecular complexity index is 141. The lowest BCUT2D eigenvalue weighted by Gasteiger charge is -2.32. The van der Waals surface area contributed by atoms with Gasteiger partial charge in [-0.1, -0.05) is 0 Å². The van der Waals surface area contributed by atoms with E-state index >= 15 is 0 Å². The fourth-order valence-electron chi connectivity index (χ4n) is 1.38. The molecule has 5 atom stereocenters. The largest absolute Gasteiger partial charge is 0.387 e. The number of fused-ring (bicyclic) bond motifs is 2. The Kier molecular flexibility index (Phi) is 1.62. The Hall–Kier alpha value is -0.200. The molecule has 2 aliphatic rings.